The minimum Gasteiger partial charge on any atom is -0.493 e. The number of anilines is 1. The van der Waals surface area contributed by atoms with Gasteiger partial charge in [-0.05, 0) is 12.1 Å². The SMILES string of the molecule is COc1c(Cl)cc(Cl)cc1N(C)C(C)=O. The Balaban J connectivity index is 3.32. The standard InChI is InChI=1S/C10H11Cl2NO2/c1-6(14)13(2)9-5-7(11)4-8(12)10(9)15-3/h4-5H,1-3H3. The molecular weight excluding hydrogens is 237 g/mol. The van der Waals surface area contributed by atoms with Crippen LogP contribution >= 0.6 is 23.2 Å². The van der Waals surface area contributed by atoms with E-state index in [-0.39, 0.29) is 5.91 Å². The van der Waals surface area contributed by atoms with Crippen molar-refractivity contribution in [1.29, 1.82) is 0 Å². The van der Waals surface area contributed by atoms with Crippen molar-refractivity contribution in [1.82, 2.24) is 0 Å². The van der Waals surface area contributed by atoms with E-state index in [9.17, 15) is 4.79 Å². The van der Waals surface area contributed by atoms with Crippen molar-refractivity contribution in [2.24, 2.45) is 0 Å². The van der Waals surface area contributed by atoms with Crippen LogP contribution in [0.3, 0.4) is 0 Å². The van der Waals surface area contributed by atoms with Crippen LogP contribution in [-0.2, 0) is 4.79 Å². The molecule has 1 aromatic carbocycles. The van der Waals surface area contributed by atoms with Crippen LogP contribution in [0.4, 0.5) is 5.69 Å². The Bertz CT molecular complexity index is 393. The van der Waals surface area contributed by atoms with E-state index in [1.807, 2.05) is 0 Å². The molecule has 0 atom stereocenters. The summed E-state index contributed by atoms with van der Waals surface area (Å²) in [6.07, 6.45) is 0. The van der Waals surface area contributed by atoms with E-state index < -0.39 is 0 Å². The zero-order valence-corrected chi connectivity index (χ0v) is 10.2. The lowest BCUT2D eigenvalue weighted by atomic mass is 10.2. The second kappa shape index (κ2) is 4.73. The van der Waals surface area contributed by atoms with E-state index in [2.05, 4.69) is 0 Å². The number of hydrogen-bond acceptors (Lipinski definition) is 2. The van der Waals surface area contributed by atoms with Gasteiger partial charge in [0.05, 0.1) is 17.8 Å². The first kappa shape index (κ1) is 12.1. The topological polar surface area (TPSA) is 29.5 Å². The highest BCUT2D eigenvalue weighted by atomic mass is 35.5. The Morgan fingerprint density at radius 1 is 1.40 bits per heavy atom. The Morgan fingerprint density at radius 3 is 2.47 bits per heavy atom. The number of halogens is 2. The largest absolute Gasteiger partial charge is 0.493 e. The molecule has 0 heterocycles. The van der Waals surface area contributed by atoms with Gasteiger partial charge in [-0.1, -0.05) is 23.2 Å². The lowest BCUT2D eigenvalue weighted by Gasteiger charge is -2.19. The summed E-state index contributed by atoms with van der Waals surface area (Å²) in [5.74, 6) is 0.324. The molecule has 1 rings (SSSR count). The van der Waals surface area contributed by atoms with Gasteiger partial charge in [-0.2, -0.15) is 0 Å². The van der Waals surface area contributed by atoms with Crippen molar-refractivity contribution >= 4 is 34.8 Å². The van der Waals surface area contributed by atoms with E-state index in [1.165, 1.54) is 18.9 Å². The van der Waals surface area contributed by atoms with Crippen LogP contribution in [-0.4, -0.2) is 20.1 Å². The molecule has 0 saturated carbocycles. The van der Waals surface area contributed by atoms with Crippen LogP contribution in [0.15, 0.2) is 12.1 Å². The highest BCUT2D eigenvalue weighted by Gasteiger charge is 2.15. The van der Waals surface area contributed by atoms with Crippen molar-refractivity contribution in [2.45, 2.75) is 6.92 Å². The fraction of sp³-hybridized carbons (Fsp3) is 0.300. The van der Waals surface area contributed by atoms with Crippen LogP contribution in [0.25, 0.3) is 0 Å². The van der Waals surface area contributed by atoms with E-state index in [0.717, 1.165) is 0 Å². The molecule has 0 spiro atoms. The van der Waals surface area contributed by atoms with Gasteiger partial charge in [-0.3, -0.25) is 4.79 Å². The average molecular weight is 248 g/mol. The molecule has 0 unspecified atom stereocenters. The summed E-state index contributed by atoms with van der Waals surface area (Å²) in [5, 5.41) is 0.844. The zero-order chi connectivity index (χ0) is 11.6. The van der Waals surface area contributed by atoms with Gasteiger partial charge in [-0.15, -0.1) is 0 Å². The minimum atomic E-state index is -0.119. The summed E-state index contributed by atoms with van der Waals surface area (Å²) in [6.45, 7) is 1.45. The maximum absolute atomic E-state index is 11.2. The van der Waals surface area contributed by atoms with Gasteiger partial charge in [0.25, 0.3) is 0 Å². The van der Waals surface area contributed by atoms with Gasteiger partial charge in [0.15, 0.2) is 5.75 Å². The Kier molecular flexibility index (Phi) is 3.83. The summed E-state index contributed by atoms with van der Waals surface area (Å²) in [7, 11) is 3.12. The predicted octanol–water partition coefficient (Wildman–Crippen LogP) is 2.98. The predicted molar refractivity (Wildman–Crippen MR) is 62.1 cm³/mol. The molecule has 5 heteroatoms. The van der Waals surface area contributed by atoms with E-state index in [4.69, 9.17) is 27.9 Å². The molecule has 0 aliphatic rings. The normalized spacial score (nSPS) is 9.93. The Labute approximate surface area is 98.5 Å². The van der Waals surface area contributed by atoms with Gasteiger partial charge in [-0.25, -0.2) is 0 Å². The third-order valence-electron chi connectivity index (χ3n) is 2.03. The molecule has 82 valence electrons. The maximum atomic E-state index is 11.2. The van der Waals surface area contributed by atoms with Crippen LogP contribution in [0.5, 0.6) is 5.75 Å². The number of rotatable bonds is 2. The van der Waals surface area contributed by atoms with Crippen LogP contribution in [0.1, 0.15) is 6.92 Å². The highest BCUT2D eigenvalue weighted by Crippen LogP contribution is 2.37. The summed E-state index contributed by atoms with van der Waals surface area (Å²) >= 11 is 11.8. The molecule has 0 aromatic heterocycles. The third-order valence-corrected chi connectivity index (χ3v) is 2.53. The Hall–Kier alpha value is -0.930. The number of methoxy groups -OCH3 is 1. The van der Waals surface area contributed by atoms with Gasteiger partial charge < -0.3 is 9.64 Å². The lowest BCUT2D eigenvalue weighted by molar-refractivity contribution is -0.116. The number of hydrogen-bond donors (Lipinski definition) is 0. The summed E-state index contributed by atoms with van der Waals surface area (Å²) in [6, 6.07) is 3.20. The summed E-state index contributed by atoms with van der Waals surface area (Å²) < 4.78 is 5.12. The van der Waals surface area contributed by atoms with Crippen molar-refractivity contribution < 1.29 is 9.53 Å². The second-order valence-electron chi connectivity index (χ2n) is 3.02. The molecule has 15 heavy (non-hydrogen) atoms. The molecule has 1 aromatic rings. The molecular formula is C10H11Cl2NO2. The van der Waals surface area contributed by atoms with Crippen molar-refractivity contribution in [3.8, 4) is 5.75 Å². The number of carbonyl (C=O) groups is 1. The Morgan fingerprint density at radius 2 is 2.00 bits per heavy atom. The van der Waals surface area contributed by atoms with Gasteiger partial charge in [0.1, 0.15) is 0 Å². The molecule has 0 saturated heterocycles. The monoisotopic (exact) mass is 247 g/mol. The molecule has 1 amide bonds. The first-order valence-electron chi connectivity index (χ1n) is 4.24. The number of ether oxygens (including phenoxy) is 1. The van der Waals surface area contributed by atoms with E-state index in [0.29, 0.717) is 21.5 Å². The molecule has 0 fully saturated rings. The molecule has 0 aliphatic heterocycles. The van der Waals surface area contributed by atoms with Gasteiger partial charge >= 0.3 is 0 Å². The number of nitrogens with zero attached hydrogens (tertiary/aromatic N) is 1. The average Bonchev–Trinajstić information content (AvgIpc) is 2.15. The second-order valence-corrected chi connectivity index (χ2v) is 3.86. The fourth-order valence-corrected chi connectivity index (χ4v) is 1.73. The highest BCUT2D eigenvalue weighted by molar-refractivity contribution is 6.36. The van der Waals surface area contributed by atoms with E-state index >= 15 is 0 Å². The third kappa shape index (κ3) is 2.55. The van der Waals surface area contributed by atoms with Crippen molar-refractivity contribution in [2.75, 3.05) is 19.1 Å². The summed E-state index contributed by atoms with van der Waals surface area (Å²) in [4.78, 5) is 12.6. The van der Waals surface area contributed by atoms with Crippen LogP contribution in [0.2, 0.25) is 10.0 Å². The first-order chi connectivity index (χ1) is 6.97. The van der Waals surface area contributed by atoms with E-state index in [1.54, 1.807) is 19.2 Å². The molecule has 0 aliphatic carbocycles. The summed E-state index contributed by atoms with van der Waals surface area (Å²) in [5.41, 5.74) is 0.558. The minimum absolute atomic E-state index is 0.119. The maximum Gasteiger partial charge on any atom is 0.223 e. The fourth-order valence-electron chi connectivity index (χ4n) is 1.17. The van der Waals surface area contributed by atoms with Gasteiger partial charge in [0.2, 0.25) is 5.91 Å². The molecule has 3 nitrogen and oxygen atoms in total. The first-order valence-corrected chi connectivity index (χ1v) is 5.00. The molecule has 0 bridgehead atoms. The quantitative estimate of drug-likeness (QED) is 0.805. The lowest BCUT2D eigenvalue weighted by Crippen LogP contribution is -2.23. The van der Waals surface area contributed by atoms with Crippen LogP contribution in [0, 0.1) is 0 Å². The number of benzene rings is 1. The molecule has 0 radical (unpaired) electrons. The number of carbonyl (C=O) groups excluding carboxylic acids is 1. The van der Waals surface area contributed by atoms with Crippen LogP contribution < -0.4 is 9.64 Å². The number of amides is 1. The zero-order valence-electron chi connectivity index (χ0n) is 8.67. The van der Waals surface area contributed by atoms with Gasteiger partial charge in [0, 0.05) is 19.0 Å². The smallest absolute Gasteiger partial charge is 0.223 e. The molecule has 0 N–H and O–H groups in total. The van der Waals surface area contributed by atoms with Crippen molar-refractivity contribution in [3.05, 3.63) is 22.2 Å². The van der Waals surface area contributed by atoms with Crippen molar-refractivity contribution in [3.63, 3.8) is 0 Å².